The fourth-order valence-electron chi connectivity index (χ4n) is 1.39. The predicted molar refractivity (Wildman–Crippen MR) is 83.7 cm³/mol. The van der Waals surface area contributed by atoms with E-state index in [0.29, 0.717) is 10.9 Å². The largest absolute Gasteiger partial charge is 0.221 e. The van der Waals surface area contributed by atoms with Crippen LogP contribution in [0.4, 0.5) is 0 Å². The molecule has 0 saturated heterocycles. The van der Waals surface area contributed by atoms with Gasteiger partial charge < -0.3 is 0 Å². The van der Waals surface area contributed by atoms with Gasteiger partial charge in [-0.05, 0) is 17.7 Å². The van der Waals surface area contributed by atoms with E-state index in [1.54, 1.807) is 46.2 Å². The quantitative estimate of drug-likeness (QED) is 0.521. The van der Waals surface area contributed by atoms with Crippen LogP contribution >= 0.6 is 57.8 Å². The van der Waals surface area contributed by atoms with Crippen molar-refractivity contribution in [3.05, 3.63) is 22.4 Å². The number of aromatic nitrogens is 4. The van der Waals surface area contributed by atoms with E-state index in [1.807, 2.05) is 17.7 Å². The molecule has 0 aliphatic carbocycles. The van der Waals surface area contributed by atoms with Crippen LogP contribution in [0, 0.1) is 0 Å². The van der Waals surface area contributed by atoms with E-state index in [1.165, 1.54) is 0 Å². The molecule has 0 atom stereocenters. The fourth-order valence-corrected chi connectivity index (χ4v) is 4.77. The summed E-state index contributed by atoms with van der Waals surface area (Å²) in [6.07, 6.45) is 1.99. The molecule has 0 saturated carbocycles. The summed E-state index contributed by atoms with van der Waals surface area (Å²) in [6, 6.07) is 1.94. The first-order chi connectivity index (χ1) is 9.26. The van der Waals surface area contributed by atoms with Crippen LogP contribution in [-0.4, -0.2) is 26.4 Å². The Morgan fingerprint density at radius 3 is 2.89 bits per heavy atom. The zero-order valence-corrected chi connectivity index (χ0v) is 13.7. The average molecular weight is 347 g/mol. The van der Waals surface area contributed by atoms with Crippen molar-refractivity contribution in [2.75, 3.05) is 6.26 Å². The molecule has 19 heavy (non-hydrogen) atoms. The van der Waals surface area contributed by atoms with Crippen molar-refractivity contribution >= 4 is 68.0 Å². The Bertz CT molecular complexity index is 710. The van der Waals surface area contributed by atoms with Gasteiger partial charge in [-0.1, -0.05) is 46.5 Å². The SMILES string of the molecule is CSc1nnc(SCc2nc(Cl)c3ccsc3n2)s1. The molecule has 0 unspecified atom stereocenters. The van der Waals surface area contributed by atoms with Crippen molar-refractivity contribution in [3.63, 3.8) is 0 Å². The zero-order valence-electron chi connectivity index (χ0n) is 9.66. The molecule has 0 N–H and O–H groups in total. The molecule has 0 spiro atoms. The summed E-state index contributed by atoms with van der Waals surface area (Å²) < 4.78 is 1.89. The van der Waals surface area contributed by atoms with Crippen molar-refractivity contribution < 1.29 is 0 Å². The Labute approximate surface area is 131 Å². The maximum absolute atomic E-state index is 6.13. The predicted octanol–water partition coefficient (Wildman–Crippen LogP) is 4.21. The van der Waals surface area contributed by atoms with Gasteiger partial charge in [0.15, 0.2) is 8.68 Å². The van der Waals surface area contributed by atoms with Crippen LogP contribution in [0.2, 0.25) is 5.15 Å². The van der Waals surface area contributed by atoms with Gasteiger partial charge in [-0.2, -0.15) is 0 Å². The van der Waals surface area contributed by atoms with Gasteiger partial charge in [-0.3, -0.25) is 0 Å². The van der Waals surface area contributed by atoms with E-state index < -0.39 is 0 Å². The molecule has 0 aromatic carbocycles. The highest BCUT2D eigenvalue weighted by atomic mass is 35.5. The summed E-state index contributed by atoms with van der Waals surface area (Å²) >= 11 is 12.5. The second-order valence-corrected chi connectivity index (χ2v) is 7.90. The lowest BCUT2D eigenvalue weighted by Gasteiger charge is -1.99. The first-order valence-corrected chi connectivity index (χ1v) is 9.44. The number of fused-ring (bicyclic) bond motifs is 1. The average Bonchev–Trinajstić information content (AvgIpc) is 3.05. The molecule has 3 aromatic rings. The van der Waals surface area contributed by atoms with E-state index in [4.69, 9.17) is 11.6 Å². The Morgan fingerprint density at radius 1 is 1.26 bits per heavy atom. The van der Waals surface area contributed by atoms with Crippen LogP contribution in [0.5, 0.6) is 0 Å². The molecule has 0 aliphatic heterocycles. The van der Waals surface area contributed by atoms with Crippen LogP contribution in [0.15, 0.2) is 20.1 Å². The summed E-state index contributed by atoms with van der Waals surface area (Å²) in [4.78, 5) is 9.73. The van der Waals surface area contributed by atoms with E-state index in [2.05, 4.69) is 20.2 Å². The molecular weight excluding hydrogens is 340 g/mol. The topological polar surface area (TPSA) is 51.6 Å². The van der Waals surface area contributed by atoms with Gasteiger partial charge in [0.25, 0.3) is 0 Å². The minimum absolute atomic E-state index is 0.518. The maximum Gasteiger partial charge on any atom is 0.175 e. The van der Waals surface area contributed by atoms with E-state index in [9.17, 15) is 0 Å². The molecule has 0 aliphatic rings. The summed E-state index contributed by atoms with van der Waals surface area (Å²) in [7, 11) is 0. The van der Waals surface area contributed by atoms with Crippen molar-refractivity contribution in [3.8, 4) is 0 Å². The normalized spacial score (nSPS) is 11.3. The van der Waals surface area contributed by atoms with Crippen molar-refractivity contribution in [1.82, 2.24) is 20.2 Å². The highest BCUT2D eigenvalue weighted by molar-refractivity contribution is 8.02. The molecule has 9 heteroatoms. The van der Waals surface area contributed by atoms with Gasteiger partial charge >= 0.3 is 0 Å². The first-order valence-electron chi connectivity index (χ1n) is 5.16. The third-order valence-corrected chi connectivity index (χ3v) is 6.34. The van der Waals surface area contributed by atoms with Crippen molar-refractivity contribution in [2.45, 2.75) is 14.4 Å². The van der Waals surface area contributed by atoms with E-state index in [-0.39, 0.29) is 0 Å². The van der Waals surface area contributed by atoms with Gasteiger partial charge in [0.05, 0.1) is 5.75 Å². The lowest BCUT2D eigenvalue weighted by molar-refractivity contribution is 0.954. The Morgan fingerprint density at radius 2 is 2.11 bits per heavy atom. The minimum atomic E-state index is 0.518. The minimum Gasteiger partial charge on any atom is -0.221 e. The first kappa shape index (κ1) is 13.6. The molecular formula is C10H7ClN4S4. The summed E-state index contributed by atoms with van der Waals surface area (Å²) in [6.45, 7) is 0. The molecule has 0 fully saturated rings. The Kier molecular flexibility index (Phi) is 4.23. The van der Waals surface area contributed by atoms with Crippen LogP contribution in [0.25, 0.3) is 10.2 Å². The smallest absolute Gasteiger partial charge is 0.175 e. The van der Waals surface area contributed by atoms with Gasteiger partial charge in [0, 0.05) is 5.39 Å². The number of hydrogen-bond acceptors (Lipinski definition) is 8. The number of nitrogens with zero attached hydrogens (tertiary/aromatic N) is 4. The number of thioether (sulfide) groups is 2. The second kappa shape index (κ2) is 5.92. The number of rotatable bonds is 4. The lowest BCUT2D eigenvalue weighted by atomic mass is 10.4. The molecule has 3 aromatic heterocycles. The Hall–Kier alpha value is -0.410. The molecule has 3 rings (SSSR count). The lowest BCUT2D eigenvalue weighted by Crippen LogP contribution is -1.92. The third kappa shape index (κ3) is 3.03. The van der Waals surface area contributed by atoms with Gasteiger partial charge in [0.2, 0.25) is 0 Å². The summed E-state index contributed by atoms with van der Waals surface area (Å²) in [5.74, 6) is 1.38. The van der Waals surface area contributed by atoms with Crippen LogP contribution in [0.1, 0.15) is 5.82 Å². The number of hydrogen-bond donors (Lipinski definition) is 0. The van der Waals surface area contributed by atoms with Crippen LogP contribution < -0.4 is 0 Å². The van der Waals surface area contributed by atoms with E-state index >= 15 is 0 Å². The van der Waals surface area contributed by atoms with Crippen molar-refractivity contribution in [2.24, 2.45) is 0 Å². The molecule has 4 nitrogen and oxygen atoms in total. The van der Waals surface area contributed by atoms with Crippen molar-refractivity contribution in [1.29, 1.82) is 0 Å². The van der Waals surface area contributed by atoms with Gasteiger partial charge in [-0.25, -0.2) is 9.97 Å². The van der Waals surface area contributed by atoms with Gasteiger partial charge in [-0.15, -0.1) is 21.5 Å². The molecule has 0 amide bonds. The van der Waals surface area contributed by atoms with E-state index in [0.717, 1.165) is 24.7 Å². The highest BCUT2D eigenvalue weighted by Crippen LogP contribution is 2.30. The standard InChI is InChI=1S/C10H7ClN4S4/c1-16-9-14-15-10(19-9)18-4-6-12-7(11)5-2-3-17-8(5)13-6/h2-3H,4H2,1H3. The number of thiophene rings is 1. The molecule has 3 heterocycles. The monoisotopic (exact) mass is 346 g/mol. The zero-order chi connectivity index (χ0) is 13.2. The Balaban J connectivity index is 1.77. The molecule has 0 radical (unpaired) electrons. The molecule has 0 bridgehead atoms. The summed E-state index contributed by atoms with van der Waals surface area (Å²) in [5.41, 5.74) is 0. The van der Waals surface area contributed by atoms with Crippen LogP contribution in [0.3, 0.4) is 0 Å². The fraction of sp³-hybridized carbons (Fsp3) is 0.200. The second-order valence-electron chi connectivity index (χ2n) is 3.40. The highest BCUT2D eigenvalue weighted by Gasteiger charge is 2.09. The number of halogens is 1. The van der Waals surface area contributed by atoms with Crippen LogP contribution in [-0.2, 0) is 5.75 Å². The molecule has 98 valence electrons. The summed E-state index contributed by atoms with van der Waals surface area (Å²) in [5, 5.41) is 11.6. The third-order valence-electron chi connectivity index (χ3n) is 2.21. The maximum atomic E-state index is 6.13. The van der Waals surface area contributed by atoms with Gasteiger partial charge in [0.1, 0.15) is 15.8 Å².